The number of aromatic nitrogens is 1. The molecule has 6 aromatic rings. The lowest BCUT2D eigenvalue weighted by atomic mass is 9.97. The molecule has 1 heterocycles. The summed E-state index contributed by atoms with van der Waals surface area (Å²) in [4.78, 5) is 13.7. The highest BCUT2D eigenvalue weighted by Crippen LogP contribution is 2.30. The van der Waals surface area contributed by atoms with Gasteiger partial charge in [0.25, 0.3) is 0 Å². The Balaban J connectivity index is 1.31. The zero-order valence-corrected chi connectivity index (χ0v) is 29.5. The fourth-order valence-electron chi connectivity index (χ4n) is 6.01. The maximum Gasteiger partial charge on any atom is 0.159 e. The quantitative estimate of drug-likeness (QED) is 0.0552. The maximum atomic E-state index is 5.08. The van der Waals surface area contributed by atoms with Gasteiger partial charge in [0.2, 0.25) is 0 Å². The molecule has 0 aliphatic carbocycles. The number of amidine groups is 1. The van der Waals surface area contributed by atoms with E-state index < -0.39 is 0 Å². The molecule has 0 unspecified atom stereocenters. The molecule has 0 saturated carbocycles. The maximum absolute atomic E-state index is 5.08. The molecule has 0 amide bonds. The molecule has 52 heavy (non-hydrogen) atoms. The molecule has 0 bridgehead atoms. The van der Waals surface area contributed by atoms with Crippen LogP contribution in [-0.4, -0.2) is 17.5 Å². The first kappa shape index (κ1) is 35.1. The Labute approximate surface area is 307 Å². The van der Waals surface area contributed by atoms with Crippen molar-refractivity contribution in [2.45, 2.75) is 13.3 Å². The molecule has 3 heteroatoms. The van der Waals surface area contributed by atoms with Crippen LogP contribution in [0.5, 0.6) is 0 Å². The molecule has 5 aromatic carbocycles. The van der Waals surface area contributed by atoms with Crippen LogP contribution in [0.15, 0.2) is 211 Å². The van der Waals surface area contributed by atoms with Crippen molar-refractivity contribution in [2.24, 2.45) is 9.98 Å². The average Bonchev–Trinajstić information content (AvgIpc) is 3.20. The predicted octanol–water partition coefficient (Wildman–Crippen LogP) is 12.9. The monoisotopic (exact) mass is 671 g/mol. The van der Waals surface area contributed by atoms with Gasteiger partial charge in [-0.05, 0) is 87.1 Å². The van der Waals surface area contributed by atoms with E-state index >= 15 is 0 Å². The Hall–Kier alpha value is -6.71. The van der Waals surface area contributed by atoms with Crippen molar-refractivity contribution in [3.8, 4) is 11.1 Å². The van der Waals surface area contributed by atoms with E-state index in [-0.39, 0.29) is 0 Å². The summed E-state index contributed by atoms with van der Waals surface area (Å²) >= 11 is 0. The Morgan fingerprint density at radius 3 is 2.19 bits per heavy atom. The molecule has 0 aliphatic heterocycles. The third-order valence-corrected chi connectivity index (χ3v) is 8.82. The SMILES string of the molecule is C=CC(=C\C=C\c1cc2ccccc2c2ccccc12)/C(N=C)=N/C(=C\C/C(C)=C/C=C\C(=C)c1ccccc1)c1ccc(-c2cccnc2)cc1. The molecular formula is C49H41N3. The van der Waals surface area contributed by atoms with E-state index in [0.717, 1.165) is 44.7 Å². The summed E-state index contributed by atoms with van der Waals surface area (Å²) in [6, 6.07) is 41.8. The van der Waals surface area contributed by atoms with Crippen LogP contribution in [0.2, 0.25) is 0 Å². The number of benzene rings is 5. The van der Waals surface area contributed by atoms with E-state index in [2.05, 4.69) is 152 Å². The van der Waals surface area contributed by atoms with E-state index in [9.17, 15) is 0 Å². The smallest absolute Gasteiger partial charge is 0.159 e. The second-order valence-corrected chi connectivity index (χ2v) is 12.4. The summed E-state index contributed by atoms with van der Waals surface area (Å²) in [6.07, 6.45) is 20.6. The Morgan fingerprint density at radius 1 is 0.731 bits per heavy atom. The van der Waals surface area contributed by atoms with Gasteiger partial charge in [0.15, 0.2) is 5.84 Å². The van der Waals surface area contributed by atoms with Crippen molar-refractivity contribution in [3.05, 3.63) is 217 Å². The van der Waals surface area contributed by atoms with Crippen LogP contribution in [0, 0.1) is 0 Å². The van der Waals surface area contributed by atoms with Crippen LogP contribution in [0.1, 0.15) is 30.0 Å². The second-order valence-electron chi connectivity index (χ2n) is 12.4. The zero-order valence-electron chi connectivity index (χ0n) is 29.5. The summed E-state index contributed by atoms with van der Waals surface area (Å²) < 4.78 is 0. The van der Waals surface area contributed by atoms with Crippen molar-refractivity contribution >= 4 is 51.4 Å². The van der Waals surface area contributed by atoms with Crippen LogP contribution in [-0.2, 0) is 0 Å². The van der Waals surface area contributed by atoms with Gasteiger partial charge in [-0.2, -0.15) is 0 Å². The third kappa shape index (κ3) is 8.71. The van der Waals surface area contributed by atoms with Gasteiger partial charge in [0.1, 0.15) is 0 Å². The Bertz CT molecular complexity index is 2400. The normalized spacial score (nSPS) is 12.9. The number of fused-ring (bicyclic) bond motifs is 3. The fourth-order valence-corrected chi connectivity index (χ4v) is 6.01. The molecule has 6 rings (SSSR count). The molecule has 1 aromatic heterocycles. The summed E-state index contributed by atoms with van der Waals surface area (Å²) in [6.45, 7) is 14.3. The minimum Gasteiger partial charge on any atom is -0.264 e. The third-order valence-electron chi connectivity index (χ3n) is 8.82. The van der Waals surface area contributed by atoms with E-state index in [0.29, 0.717) is 12.3 Å². The molecule has 0 saturated heterocycles. The Kier molecular flexibility index (Phi) is 11.7. The Morgan fingerprint density at radius 2 is 1.46 bits per heavy atom. The van der Waals surface area contributed by atoms with Crippen LogP contribution < -0.4 is 0 Å². The number of hydrogen-bond donors (Lipinski definition) is 0. The zero-order chi connectivity index (χ0) is 36.1. The van der Waals surface area contributed by atoms with Crippen LogP contribution in [0.4, 0.5) is 0 Å². The molecule has 252 valence electrons. The molecule has 0 N–H and O–H groups in total. The summed E-state index contributed by atoms with van der Waals surface area (Å²) in [7, 11) is 0. The lowest BCUT2D eigenvalue weighted by Crippen LogP contribution is -1.98. The number of rotatable bonds is 12. The van der Waals surface area contributed by atoms with E-state index in [1.165, 1.54) is 27.1 Å². The second kappa shape index (κ2) is 17.3. The van der Waals surface area contributed by atoms with Gasteiger partial charge in [-0.25, -0.2) is 9.98 Å². The van der Waals surface area contributed by atoms with Crippen molar-refractivity contribution in [3.63, 3.8) is 0 Å². The average molecular weight is 672 g/mol. The molecule has 3 nitrogen and oxygen atoms in total. The molecule has 0 atom stereocenters. The molecule has 0 spiro atoms. The number of pyridine rings is 1. The number of hydrogen-bond acceptors (Lipinski definition) is 2. The van der Waals surface area contributed by atoms with Gasteiger partial charge >= 0.3 is 0 Å². The number of nitrogens with zero attached hydrogens (tertiary/aromatic N) is 3. The molecule has 0 radical (unpaired) electrons. The minimum absolute atomic E-state index is 0.492. The van der Waals surface area contributed by atoms with Gasteiger partial charge in [-0.1, -0.05) is 177 Å². The predicted molar refractivity (Wildman–Crippen MR) is 226 cm³/mol. The van der Waals surface area contributed by atoms with Gasteiger partial charge in [0, 0.05) is 18.0 Å². The highest BCUT2D eigenvalue weighted by molar-refractivity contribution is 6.11. The first-order valence-electron chi connectivity index (χ1n) is 17.3. The van der Waals surface area contributed by atoms with Crippen molar-refractivity contribution in [1.29, 1.82) is 0 Å². The molecular weight excluding hydrogens is 631 g/mol. The fraction of sp³-hybridized carbons (Fsp3) is 0.0408. The van der Waals surface area contributed by atoms with Gasteiger partial charge in [0.05, 0.1) is 5.70 Å². The highest BCUT2D eigenvalue weighted by Gasteiger charge is 2.08. The van der Waals surface area contributed by atoms with Crippen LogP contribution >= 0.6 is 0 Å². The number of allylic oxidation sites excluding steroid dienone is 8. The van der Waals surface area contributed by atoms with E-state index in [1.54, 1.807) is 12.3 Å². The van der Waals surface area contributed by atoms with Crippen molar-refractivity contribution in [1.82, 2.24) is 4.98 Å². The summed E-state index contributed by atoms with van der Waals surface area (Å²) in [5, 5.41) is 4.88. The van der Waals surface area contributed by atoms with Crippen LogP contribution in [0.25, 0.3) is 50.0 Å². The van der Waals surface area contributed by atoms with Crippen LogP contribution in [0.3, 0.4) is 0 Å². The van der Waals surface area contributed by atoms with Gasteiger partial charge in [-0.15, -0.1) is 0 Å². The first-order chi connectivity index (χ1) is 25.5. The highest BCUT2D eigenvalue weighted by atomic mass is 14.9. The lowest BCUT2D eigenvalue weighted by Gasteiger charge is -2.09. The van der Waals surface area contributed by atoms with E-state index in [1.807, 2.05) is 54.8 Å². The standard InChI is InChI=1S/C49H41N3/c1-5-38(21-14-22-43-34-42-20-9-10-24-45(42)47-26-12-11-25-46(43)47)49(50-4)52-48(41-30-28-40(29-31-41)44-23-15-33-51-35-44)32-27-36(2)16-13-17-37(3)39-18-7-6-8-19-39/h5-26,28-35H,1,3-4,27H2,2H3/b17-13-,22-14+,36-16+,38-21+,48-32-,52-49-. The number of aliphatic imine (C=N–C) groups is 2. The minimum atomic E-state index is 0.492. The topological polar surface area (TPSA) is 37.6 Å². The summed E-state index contributed by atoms with van der Waals surface area (Å²) in [5.74, 6) is 0.492. The van der Waals surface area contributed by atoms with Crippen molar-refractivity contribution in [2.75, 3.05) is 0 Å². The summed E-state index contributed by atoms with van der Waals surface area (Å²) in [5.41, 5.74) is 9.05. The first-order valence-corrected chi connectivity index (χ1v) is 17.3. The lowest BCUT2D eigenvalue weighted by molar-refractivity contribution is 1.20. The van der Waals surface area contributed by atoms with Gasteiger partial charge in [-0.3, -0.25) is 4.98 Å². The van der Waals surface area contributed by atoms with E-state index in [4.69, 9.17) is 4.99 Å². The van der Waals surface area contributed by atoms with Crippen molar-refractivity contribution < 1.29 is 0 Å². The van der Waals surface area contributed by atoms with Gasteiger partial charge < -0.3 is 0 Å². The molecule has 0 aliphatic rings. The molecule has 0 fully saturated rings. The largest absolute Gasteiger partial charge is 0.264 e.